The Morgan fingerprint density at radius 3 is 2.63 bits per heavy atom. The first-order valence-electron chi connectivity index (χ1n) is 13.2. The van der Waals surface area contributed by atoms with Gasteiger partial charge in [-0.3, -0.25) is 9.79 Å². The van der Waals surface area contributed by atoms with Gasteiger partial charge in [-0.25, -0.2) is 0 Å². The number of aromatic amines is 1. The van der Waals surface area contributed by atoms with Crippen LogP contribution in [0.1, 0.15) is 59.4 Å². The standard InChI is InChI=1S/C29H33N3O5S/c1-29(2)22-16-24(37-19-6-10-35-11-7-19)25(38(34)32-8-12-36-13-9-32)15-21(22)27(33)26-20-5-4-18(17-30-3)14-23(20)31-28(26)29/h4-5,14-16,19,31H,3,6-13,17H2,1-2H3. The first-order chi connectivity index (χ1) is 18.4. The fourth-order valence-corrected chi connectivity index (χ4v) is 7.02. The molecular weight excluding hydrogens is 502 g/mol. The van der Waals surface area contributed by atoms with E-state index in [0.717, 1.165) is 40.6 Å². The summed E-state index contributed by atoms with van der Waals surface area (Å²) in [5.74, 6) is 0.522. The van der Waals surface area contributed by atoms with Crippen LogP contribution in [-0.4, -0.2) is 72.0 Å². The number of fused-ring (bicyclic) bond motifs is 4. The van der Waals surface area contributed by atoms with Gasteiger partial charge in [0, 0.05) is 46.5 Å². The van der Waals surface area contributed by atoms with Crippen molar-refractivity contribution in [1.29, 1.82) is 0 Å². The Morgan fingerprint density at radius 2 is 1.89 bits per heavy atom. The lowest BCUT2D eigenvalue weighted by Crippen LogP contribution is -2.41. The van der Waals surface area contributed by atoms with E-state index in [0.29, 0.717) is 67.8 Å². The summed E-state index contributed by atoms with van der Waals surface area (Å²) in [5, 5.41) is 0.884. The van der Waals surface area contributed by atoms with Crippen molar-refractivity contribution in [1.82, 2.24) is 9.29 Å². The van der Waals surface area contributed by atoms with Crippen molar-refractivity contribution in [3.05, 3.63) is 58.3 Å². The van der Waals surface area contributed by atoms with Crippen LogP contribution < -0.4 is 4.74 Å². The van der Waals surface area contributed by atoms with Gasteiger partial charge < -0.3 is 23.7 Å². The highest BCUT2D eigenvalue weighted by Crippen LogP contribution is 2.47. The van der Waals surface area contributed by atoms with Crippen molar-refractivity contribution in [2.75, 3.05) is 39.5 Å². The number of aliphatic imine (C=N–C) groups is 1. The van der Waals surface area contributed by atoms with Gasteiger partial charge in [-0.15, -0.1) is 4.31 Å². The number of benzene rings is 2. The van der Waals surface area contributed by atoms with Crippen LogP contribution in [0.2, 0.25) is 0 Å². The molecule has 1 aliphatic carbocycles. The number of nitrogens with one attached hydrogen (secondary N) is 1. The third-order valence-corrected chi connectivity index (χ3v) is 9.40. The lowest BCUT2D eigenvalue weighted by atomic mass is 9.71. The number of hydrogen-bond acceptors (Lipinski definition) is 7. The minimum atomic E-state index is -1.48. The Bertz CT molecular complexity index is 1390. The average molecular weight is 536 g/mol. The molecule has 3 aromatic rings. The summed E-state index contributed by atoms with van der Waals surface area (Å²) >= 11 is -1.48. The lowest BCUT2D eigenvalue weighted by Gasteiger charge is -2.34. The zero-order valence-electron chi connectivity index (χ0n) is 21.9. The number of carbonyl (C=O) groups is 1. The van der Waals surface area contributed by atoms with Crippen LogP contribution in [0.15, 0.2) is 40.2 Å². The van der Waals surface area contributed by atoms with Crippen molar-refractivity contribution < 1.29 is 23.6 Å². The number of rotatable bonds is 6. The summed E-state index contributed by atoms with van der Waals surface area (Å²) in [6.07, 6.45) is 1.53. The number of nitrogens with zero attached hydrogens (tertiary/aromatic N) is 2. The molecule has 2 aliphatic heterocycles. The topological polar surface area (TPSA) is 99.2 Å². The van der Waals surface area contributed by atoms with Gasteiger partial charge in [0.25, 0.3) is 0 Å². The molecule has 2 saturated heterocycles. The molecule has 1 N–H and O–H groups in total. The minimum absolute atomic E-state index is 0.0230. The molecule has 1 atom stereocenters. The molecular formula is C29H33N3O5S. The number of ketones is 1. The van der Waals surface area contributed by atoms with Crippen molar-refractivity contribution in [3.63, 3.8) is 0 Å². The number of aromatic nitrogens is 1. The molecule has 6 rings (SSSR count). The molecule has 0 radical (unpaired) electrons. The largest absolute Gasteiger partial charge is 0.593 e. The summed E-state index contributed by atoms with van der Waals surface area (Å²) in [5.41, 5.74) is 4.45. The smallest absolute Gasteiger partial charge is 0.216 e. The van der Waals surface area contributed by atoms with Gasteiger partial charge in [0.05, 0.1) is 63.0 Å². The van der Waals surface area contributed by atoms with Crippen LogP contribution in [0.3, 0.4) is 0 Å². The van der Waals surface area contributed by atoms with Crippen molar-refractivity contribution >= 4 is 34.8 Å². The maximum Gasteiger partial charge on any atom is 0.216 e. The third kappa shape index (κ3) is 4.36. The zero-order chi connectivity index (χ0) is 26.4. The molecule has 3 heterocycles. The van der Waals surface area contributed by atoms with Gasteiger partial charge in [0.15, 0.2) is 11.5 Å². The number of H-pyrrole nitrogens is 1. The van der Waals surface area contributed by atoms with Crippen molar-refractivity contribution in [2.24, 2.45) is 4.99 Å². The maximum absolute atomic E-state index is 14.1. The summed E-state index contributed by atoms with van der Waals surface area (Å²) in [7, 11) is 0. The van der Waals surface area contributed by atoms with E-state index >= 15 is 0 Å². The second-order valence-electron chi connectivity index (χ2n) is 10.7. The third-order valence-electron chi connectivity index (χ3n) is 7.87. The van der Waals surface area contributed by atoms with E-state index in [4.69, 9.17) is 14.2 Å². The predicted molar refractivity (Wildman–Crippen MR) is 147 cm³/mol. The van der Waals surface area contributed by atoms with Crippen molar-refractivity contribution in [3.8, 4) is 5.75 Å². The molecule has 2 aromatic carbocycles. The van der Waals surface area contributed by atoms with E-state index in [1.54, 1.807) is 0 Å². The number of hydrogen-bond donors (Lipinski definition) is 1. The van der Waals surface area contributed by atoms with E-state index < -0.39 is 16.8 Å². The fraction of sp³-hybridized carbons (Fsp3) is 0.448. The van der Waals surface area contributed by atoms with E-state index in [2.05, 4.69) is 30.5 Å². The Hall–Kier alpha value is -2.69. The molecule has 0 saturated carbocycles. The molecule has 1 unspecified atom stereocenters. The highest BCUT2D eigenvalue weighted by atomic mass is 32.2. The first kappa shape index (κ1) is 25.6. The molecule has 38 heavy (non-hydrogen) atoms. The van der Waals surface area contributed by atoms with Gasteiger partial charge in [-0.1, -0.05) is 26.0 Å². The molecule has 1 aromatic heterocycles. The Morgan fingerprint density at radius 1 is 1.16 bits per heavy atom. The van der Waals surface area contributed by atoms with E-state index in [9.17, 15) is 9.35 Å². The highest BCUT2D eigenvalue weighted by Gasteiger charge is 2.42. The van der Waals surface area contributed by atoms with E-state index in [1.165, 1.54) is 0 Å². The Balaban J connectivity index is 1.48. The van der Waals surface area contributed by atoms with Gasteiger partial charge in [0.2, 0.25) is 4.90 Å². The van der Waals surface area contributed by atoms with Crippen LogP contribution in [0, 0.1) is 0 Å². The monoisotopic (exact) mass is 535 g/mol. The second-order valence-corrected chi connectivity index (χ2v) is 12.1. The van der Waals surface area contributed by atoms with Crippen LogP contribution in [-0.2, 0) is 32.8 Å². The van der Waals surface area contributed by atoms with Gasteiger partial charge in [-0.05, 0) is 30.0 Å². The van der Waals surface area contributed by atoms with Crippen molar-refractivity contribution in [2.45, 2.75) is 49.6 Å². The average Bonchev–Trinajstić information content (AvgIpc) is 3.33. The molecule has 3 aliphatic rings. The number of carbonyl (C=O) groups excluding carboxylic acids is 1. The summed E-state index contributed by atoms with van der Waals surface area (Å²) in [4.78, 5) is 22.2. The predicted octanol–water partition coefficient (Wildman–Crippen LogP) is 4.15. The molecule has 0 amide bonds. The minimum Gasteiger partial charge on any atom is -0.593 e. The molecule has 9 heteroatoms. The van der Waals surface area contributed by atoms with Gasteiger partial charge >= 0.3 is 0 Å². The van der Waals surface area contributed by atoms with Crippen LogP contribution in [0.25, 0.3) is 10.9 Å². The summed E-state index contributed by atoms with van der Waals surface area (Å²) in [6, 6.07) is 9.79. The quantitative estimate of drug-likeness (QED) is 0.376. The Kier molecular flexibility index (Phi) is 6.82. The normalized spacial score (nSPS) is 20.7. The Labute approximate surface area is 225 Å². The van der Waals surface area contributed by atoms with Gasteiger partial charge in [-0.2, -0.15) is 0 Å². The van der Waals surface area contributed by atoms with Crippen LogP contribution in [0.4, 0.5) is 0 Å². The molecule has 200 valence electrons. The van der Waals surface area contributed by atoms with E-state index in [-0.39, 0.29) is 11.9 Å². The number of ether oxygens (including phenoxy) is 3. The number of morpholine rings is 1. The summed E-state index contributed by atoms with van der Waals surface area (Å²) < 4.78 is 33.3. The van der Waals surface area contributed by atoms with Gasteiger partial charge in [0.1, 0.15) is 6.10 Å². The molecule has 0 bridgehead atoms. The highest BCUT2D eigenvalue weighted by molar-refractivity contribution is 7.89. The molecule has 2 fully saturated rings. The van der Waals surface area contributed by atoms with E-state index in [1.807, 2.05) is 34.6 Å². The summed E-state index contributed by atoms with van der Waals surface area (Å²) in [6.45, 7) is 11.8. The van der Waals surface area contributed by atoms with Crippen LogP contribution >= 0.6 is 0 Å². The maximum atomic E-state index is 14.1. The first-order valence-corrected chi connectivity index (χ1v) is 14.3. The lowest BCUT2D eigenvalue weighted by molar-refractivity contribution is 0.0242. The van der Waals surface area contributed by atoms with Crippen LogP contribution in [0.5, 0.6) is 5.75 Å². The molecule has 0 spiro atoms. The fourth-order valence-electron chi connectivity index (χ4n) is 5.76. The zero-order valence-corrected chi connectivity index (χ0v) is 22.7. The SMILES string of the molecule is C=NCc1ccc2c3c([nH]c2c1)C(C)(C)c1cc(OC2CCOCC2)c([S+]([O-])N2CCOCC2)cc1C3=O. The second kappa shape index (κ2) is 10.1. The molecule has 8 nitrogen and oxygen atoms in total.